The minimum atomic E-state index is -1.25. The first-order valence-corrected chi connectivity index (χ1v) is 5.13. The Morgan fingerprint density at radius 2 is 2.00 bits per heavy atom. The molecule has 2 saturated heterocycles. The van der Waals surface area contributed by atoms with Crippen molar-refractivity contribution in [1.29, 1.82) is 0 Å². The molecule has 0 aromatic heterocycles. The van der Waals surface area contributed by atoms with Crippen molar-refractivity contribution < 1.29 is 29.6 Å². The second-order valence-electron chi connectivity index (χ2n) is 4.02. The van der Waals surface area contributed by atoms with Crippen molar-refractivity contribution in [3.05, 3.63) is 0 Å². The smallest absolute Gasteiger partial charge is 0.249 e. The molecule has 2 fully saturated rings. The van der Waals surface area contributed by atoms with Crippen molar-refractivity contribution in [2.75, 3.05) is 6.61 Å². The van der Waals surface area contributed by atoms with Gasteiger partial charge in [0.05, 0.1) is 6.61 Å². The highest BCUT2D eigenvalue weighted by atomic mass is 16.7. The quantitative estimate of drug-likeness (QED) is 0.393. The van der Waals surface area contributed by atoms with Crippen LogP contribution in [0.4, 0.5) is 0 Å². The maximum absolute atomic E-state index is 11.3. The third-order valence-electron chi connectivity index (χ3n) is 2.90. The number of carbonyl (C=O) groups is 1. The highest BCUT2D eigenvalue weighted by molar-refractivity contribution is 5.81. The third-order valence-corrected chi connectivity index (χ3v) is 2.90. The zero-order chi connectivity index (χ0) is 11.9. The Balaban J connectivity index is 2.13. The van der Waals surface area contributed by atoms with E-state index in [1.54, 1.807) is 6.92 Å². The number of nitrogens with one attached hydrogen (secondary N) is 1. The SMILES string of the molecule is C[C@H]1O[C@H]2OC(CO)[C@@H](O)C(O)C2NC1=O. The van der Waals surface area contributed by atoms with Crippen LogP contribution in [0.3, 0.4) is 0 Å². The van der Waals surface area contributed by atoms with Gasteiger partial charge in [0.1, 0.15) is 30.5 Å². The first-order valence-electron chi connectivity index (χ1n) is 5.13. The predicted octanol–water partition coefficient (Wildman–Crippen LogP) is -2.67. The number of fused-ring (bicyclic) bond motifs is 1. The molecule has 2 rings (SSSR count). The van der Waals surface area contributed by atoms with Crippen LogP contribution >= 0.6 is 0 Å². The van der Waals surface area contributed by atoms with Crippen molar-refractivity contribution in [3.63, 3.8) is 0 Å². The van der Waals surface area contributed by atoms with E-state index in [-0.39, 0.29) is 5.91 Å². The zero-order valence-electron chi connectivity index (χ0n) is 8.74. The van der Waals surface area contributed by atoms with E-state index in [0.717, 1.165) is 0 Å². The van der Waals surface area contributed by atoms with Crippen LogP contribution in [-0.4, -0.2) is 64.6 Å². The fourth-order valence-electron chi connectivity index (χ4n) is 1.90. The topological polar surface area (TPSA) is 108 Å². The Bertz CT molecular complexity index is 285. The van der Waals surface area contributed by atoms with E-state index in [4.69, 9.17) is 14.6 Å². The number of aliphatic hydroxyl groups excluding tert-OH is 3. The molecule has 0 bridgehead atoms. The fourth-order valence-corrected chi connectivity index (χ4v) is 1.90. The summed E-state index contributed by atoms with van der Waals surface area (Å²) in [6.07, 6.45) is -4.89. The minimum Gasteiger partial charge on any atom is -0.394 e. The molecule has 6 atom stereocenters. The van der Waals surface area contributed by atoms with Gasteiger partial charge in [0.15, 0.2) is 6.29 Å². The molecule has 0 radical (unpaired) electrons. The second kappa shape index (κ2) is 4.27. The summed E-state index contributed by atoms with van der Waals surface area (Å²) >= 11 is 0. The summed E-state index contributed by atoms with van der Waals surface area (Å²) in [6, 6.07) is -0.804. The molecule has 92 valence electrons. The highest BCUT2D eigenvalue weighted by Gasteiger charge is 2.49. The van der Waals surface area contributed by atoms with Gasteiger partial charge in [0.25, 0.3) is 0 Å². The number of morpholine rings is 1. The normalized spacial score (nSPS) is 48.4. The van der Waals surface area contributed by atoms with Gasteiger partial charge in [0.2, 0.25) is 5.91 Å². The van der Waals surface area contributed by atoms with Crippen LogP contribution in [-0.2, 0) is 14.3 Å². The van der Waals surface area contributed by atoms with Gasteiger partial charge < -0.3 is 30.1 Å². The number of amides is 1. The van der Waals surface area contributed by atoms with Gasteiger partial charge in [0, 0.05) is 0 Å². The Hall–Kier alpha value is -0.730. The number of carbonyl (C=O) groups excluding carboxylic acids is 1. The molecule has 1 amide bonds. The molecule has 0 saturated carbocycles. The van der Waals surface area contributed by atoms with Crippen LogP contribution in [0.15, 0.2) is 0 Å². The molecule has 0 aliphatic carbocycles. The molecule has 7 nitrogen and oxygen atoms in total. The summed E-state index contributed by atoms with van der Waals surface area (Å²) < 4.78 is 10.5. The van der Waals surface area contributed by atoms with Crippen LogP contribution < -0.4 is 5.32 Å². The average Bonchev–Trinajstić information content (AvgIpc) is 2.26. The summed E-state index contributed by atoms with van der Waals surface area (Å²) in [5.74, 6) is -0.362. The lowest BCUT2D eigenvalue weighted by Crippen LogP contribution is -2.69. The molecule has 0 aromatic rings. The van der Waals surface area contributed by atoms with Gasteiger partial charge in [-0.2, -0.15) is 0 Å². The van der Waals surface area contributed by atoms with Gasteiger partial charge >= 0.3 is 0 Å². The number of ether oxygens (including phenoxy) is 2. The third kappa shape index (κ3) is 1.80. The molecule has 2 aliphatic heterocycles. The molecule has 7 heteroatoms. The van der Waals surface area contributed by atoms with Crippen molar-refractivity contribution in [3.8, 4) is 0 Å². The van der Waals surface area contributed by atoms with E-state index in [1.807, 2.05) is 0 Å². The minimum absolute atomic E-state index is 0.362. The van der Waals surface area contributed by atoms with Gasteiger partial charge in [-0.25, -0.2) is 0 Å². The van der Waals surface area contributed by atoms with E-state index < -0.39 is 43.4 Å². The molecule has 3 unspecified atom stereocenters. The molecule has 0 aromatic carbocycles. The summed E-state index contributed by atoms with van der Waals surface area (Å²) in [5.41, 5.74) is 0. The van der Waals surface area contributed by atoms with Crippen molar-refractivity contribution >= 4 is 5.91 Å². The Labute approximate surface area is 92.0 Å². The fraction of sp³-hybridized carbons (Fsp3) is 0.889. The van der Waals surface area contributed by atoms with E-state index >= 15 is 0 Å². The first-order chi connectivity index (χ1) is 7.54. The molecule has 2 aliphatic rings. The van der Waals surface area contributed by atoms with Crippen LogP contribution in [0.2, 0.25) is 0 Å². The van der Waals surface area contributed by atoms with Gasteiger partial charge in [-0.15, -0.1) is 0 Å². The van der Waals surface area contributed by atoms with E-state index in [1.165, 1.54) is 0 Å². The summed E-state index contributed by atoms with van der Waals surface area (Å²) in [6.45, 7) is 1.13. The molecule has 4 N–H and O–H groups in total. The van der Waals surface area contributed by atoms with Crippen molar-refractivity contribution in [2.24, 2.45) is 0 Å². The monoisotopic (exact) mass is 233 g/mol. The number of rotatable bonds is 1. The largest absolute Gasteiger partial charge is 0.394 e. The van der Waals surface area contributed by atoms with E-state index in [2.05, 4.69) is 5.32 Å². The maximum atomic E-state index is 11.3. The molecule has 2 heterocycles. The summed E-state index contributed by atoms with van der Waals surface area (Å²) in [7, 11) is 0. The van der Waals surface area contributed by atoms with Crippen molar-refractivity contribution in [1.82, 2.24) is 5.32 Å². The molecular weight excluding hydrogens is 218 g/mol. The van der Waals surface area contributed by atoms with Gasteiger partial charge in [-0.1, -0.05) is 0 Å². The van der Waals surface area contributed by atoms with Gasteiger partial charge in [-0.3, -0.25) is 4.79 Å². The lowest BCUT2D eigenvalue weighted by molar-refractivity contribution is -0.288. The summed E-state index contributed by atoms with van der Waals surface area (Å²) in [4.78, 5) is 11.3. The zero-order valence-corrected chi connectivity index (χ0v) is 8.74. The Morgan fingerprint density at radius 1 is 1.31 bits per heavy atom. The first kappa shape index (κ1) is 11.7. The second-order valence-corrected chi connectivity index (χ2v) is 4.02. The lowest BCUT2D eigenvalue weighted by atomic mass is 9.96. The number of aliphatic hydroxyl groups is 3. The van der Waals surface area contributed by atoms with Crippen LogP contribution in [0.1, 0.15) is 6.92 Å². The number of hydrogen-bond acceptors (Lipinski definition) is 6. The van der Waals surface area contributed by atoms with Crippen molar-refractivity contribution in [2.45, 2.75) is 43.7 Å². The van der Waals surface area contributed by atoms with Crippen LogP contribution in [0.25, 0.3) is 0 Å². The lowest BCUT2D eigenvalue weighted by Gasteiger charge is -2.45. The molecular formula is C9H15NO6. The molecule has 16 heavy (non-hydrogen) atoms. The summed E-state index contributed by atoms with van der Waals surface area (Å²) in [5, 5.41) is 30.8. The predicted molar refractivity (Wildman–Crippen MR) is 50.2 cm³/mol. The number of hydrogen-bond donors (Lipinski definition) is 4. The Morgan fingerprint density at radius 3 is 2.62 bits per heavy atom. The standard InChI is InChI=1S/C9H15NO6/c1-3-8(14)10-5-7(13)6(12)4(2-11)16-9(5)15-3/h3-7,9,11-13H,2H2,1H3,(H,10,14)/t3-,4?,5?,6-,7?,9+/m1/s1. The van der Waals surface area contributed by atoms with Crippen LogP contribution in [0, 0.1) is 0 Å². The van der Waals surface area contributed by atoms with Gasteiger partial charge in [-0.05, 0) is 6.92 Å². The maximum Gasteiger partial charge on any atom is 0.249 e. The van der Waals surface area contributed by atoms with E-state index in [9.17, 15) is 15.0 Å². The molecule has 0 spiro atoms. The Kier molecular flexibility index (Phi) is 3.13. The highest BCUT2D eigenvalue weighted by Crippen LogP contribution is 2.25. The average molecular weight is 233 g/mol. The van der Waals surface area contributed by atoms with E-state index in [0.29, 0.717) is 0 Å². The van der Waals surface area contributed by atoms with Crippen LogP contribution in [0.5, 0.6) is 0 Å².